The van der Waals surface area contributed by atoms with E-state index < -0.39 is 0 Å². The number of thiazole rings is 1. The van der Waals surface area contributed by atoms with Gasteiger partial charge in [-0.3, -0.25) is 4.79 Å². The van der Waals surface area contributed by atoms with E-state index in [4.69, 9.17) is 4.98 Å². The molecule has 1 aliphatic rings. The molecule has 176 valence electrons. The van der Waals surface area contributed by atoms with Gasteiger partial charge in [0.15, 0.2) is 10.8 Å². The van der Waals surface area contributed by atoms with E-state index in [-0.39, 0.29) is 11.7 Å². The smallest absolute Gasteiger partial charge is 0.253 e. The minimum absolute atomic E-state index is 0.0673. The normalized spacial score (nSPS) is 14.5. The fourth-order valence-electron chi connectivity index (χ4n) is 4.23. The summed E-state index contributed by atoms with van der Waals surface area (Å²) in [4.78, 5) is 24.3. The number of anilines is 2. The number of benzene rings is 2. The molecule has 0 N–H and O–H groups in total. The second kappa shape index (κ2) is 9.06. The zero-order valence-electron chi connectivity index (χ0n) is 19.5. The summed E-state index contributed by atoms with van der Waals surface area (Å²) in [6.07, 6.45) is 0.873. The van der Waals surface area contributed by atoms with Crippen molar-refractivity contribution in [2.24, 2.45) is 0 Å². The molecule has 0 aliphatic carbocycles. The molecule has 1 saturated heterocycles. The fourth-order valence-corrected chi connectivity index (χ4v) is 5.27. The minimum atomic E-state index is -0.278. The van der Waals surface area contributed by atoms with E-state index in [1.54, 1.807) is 28.2 Å². The highest BCUT2D eigenvalue weighted by Gasteiger charge is 2.24. The molecule has 0 atom stereocenters. The summed E-state index contributed by atoms with van der Waals surface area (Å²) in [5.41, 5.74) is 4.19. The number of carbonyl (C=O) groups excluding carboxylic acids is 1. The van der Waals surface area contributed by atoms with Crippen molar-refractivity contribution in [3.8, 4) is 5.69 Å². The van der Waals surface area contributed by atoms with Crippen LogP contribution in [0.25, 0.3) is 16.0 Å². The highest BCUT2D eigenvalue weighted by Crippen LogP contribution is 2.33. The predicted octanol–water partition coefficient (Wildman–Crippen LogP) is 4.35. The van der Waals surface area contributed by atoms with Gasteiger partial charge in [-0.25, -0.2) is 9.07 Å². The minimum Gasteiger partial charge on any atom is -0.378 e. The molecule has 0 saturated carbocycles. The largest absolute Gasteiger partial charge is 0.378 e. The van der Waals surface area contributed by atoms with Crippen LogP contribution in [0.5, 0.6) is 0 Å². The number of hydrogen-bond acceptors (Lipinski definition) is 6. The zero-order chi connectivity index (χ0) is 23.8. The van der Waals surface area contributed by atoms with Crippen molar-refractivity contribution in [2.45, 2.75) is 13.3 Å². The lowest BCUT2D eigenvalue weighted by molar-refractivity contribution is 0.0767. The van der Waals surface area contributed by atoms with Gasteiger partial charge in [0.1, 0.15) is 5.82 Å². The van der Waals surface area contributed by atoms with Crippen molar-refractivity contribution in [3.63, 3.8) is 0 Å². The lowest BCUT2D eigenvalue weighted by Gasteiger charge is -2.22. The summed E-state index contributed by atoms with van der Waals surface area (Å²) in [5.74, 6) is -0.211. The molecular weight excluding hydrogens is 451 g/mol. The van der Waals surface area contributed by atoms with Crippen LogP contribution < -0.4 is 9.80 Å². The van der Waals surface area contributed by atoms with Crippen molar-refractivity contribution in [3.05, 3.63) is 65.6 Å². The Balaban J connectivity index is 1.35. The van der Waals surface area contributed by atoms with E-state index in [1.165, 1.54) is 12.1 Å². The van der Waals surface area contributed by atoms with Gasteiger partial charge in [-0.2, -0.15) is 10.1 Å². The second-order valence-electron chi connectivity index (χ2n) is 8.70. The van der Waals surface area contributed by atoms with E-state index in [0.29, 0.717) is 6.54 Å². The number of rotatable bonds is 4. The summed E-state index contributed by atoms with van der Waals surface area (Å²) in [6.45, 7) is 4.88. The molecule has 7 nitrogen and oxygen atoms in total. The molecule has 2 aromatic carbocycles. The number of carbonyl (C=O) groups is 1. The van der Waals surface area contributed by atoms with E-state index >= 15 is 0 Å². The van der Waals surface area contributed by atoms with Gasteiger partial charge in [-0.1, -0.05) is 17.4 Å². The monoisotopic (exact) mass is 478 g/mol. The Morgan fingerprint density at radius 1 is 1.06 bits per heavy atom. The van der Waals surface area contributed by atoms with Gasteiger partial charge in [0.2, 0.25) is 0 Å². The third kappa shape index (κ3) is 4.23. The van der Waals surface area contributed by atoms with E-state index in [0.717, 1.165) is 64.2 Å². The molecule has 9 heteroatoms. The number of aryl methyl sites for hydroxylation is 1. The van der Waals surface area contributed by atoms with E-state index in [1.807, 2.05) is 55.1 Å². The summed E-state index contributed by atoms with van der Waals surface area (Å²) in [6, 6.07) is 14.0. The van der Waals surface area contributed by atoms with Crippen LogP contribution >= 0.6 is 11.3 Å². The van der Waals surface area contributed by atoms with Crippen molar-refractivity contribution in [1.82, 2.24) is 19.7 Å². The molecule has 0 unspecified atom stereocenters. The molecule has 5 rings (SSSR count). The lowest BCUT2D eigenvalue weighted by atomic mass is 10.1. The molecule has 1 fully saturated rings. The number of aromatic nitrogens is 3. The Labute approximate surface area is 202 Å². The zero-order valence-corrected chi connectivity index (χ0v) is 20.3. The molecule has 0 bridgehead atoms. The predicted molar refractivity (Wildman–Crippen MR) is 135 cm³/mol. The second-order valence-corrected chi connectivity index (χ2v) is 9.68. The van der Waals surface area contributed by atoms with Crippen LogP contribution in [0.4, 0.5) is 15.2 Å². The Bertz CT molecular complexity index is 1330. The summed E-state index contributed by atoms with van der Waals surface area (Å²) < 4.78 is 16.2. The van der Waals surface area contributed by atoms with Gasteiger partial charge in [0.05, 0.1) is 16.1 Å². The van der Waals surface area contributed by atoms with Gasteiger partial charge in [-0.15, -0.1) is 0 Å². The molecule has 1 amide bonds. The van der Waals surface area contributed by atoms with Crippen LogP contribution in [0.1, 0.15) is 22.5 Å². The van der Waals surface area contributed by atoms with Gasteiger partial charge in [0.25, 0.3) is 5.91 Å². The number of nitrogens with zero attached hydrogens (tertiary/aromatic N) is 6. The first-order chi connectivity index (χ1) is 16.4. The number of fused-ring (bicyclic) bond motifs is 1. The number of halogens is 1. The van der Waals surface area contributed by atoms with E-state index in [2.05, 4.69) is 10.00 Å². The SMILES string of the molecule is Cc1nn(-c2ccc(F)cc2)c2nc(N3CCCN(C(=O)c4cccc(N(C)C)c4)CC3)sc12. The van der Waals surface area contributed by atoms with Gasteiger partial charge < -0.3 is 14.7 Å². The third-order valence-corrected chi connectivity index (χ3v) is 7.33. The highest BCUT2D eigenvalue weighted by atomic mass is 32.1. The standard InChI is InChI=1S/C25H27FN6OS/c1-17-22-23(32(28-17)20-10-8-19(26)9-11-20)27-25(34-22)31-13-5-12-30(14-15-31)24(33)18-6-4-7-21(16-18)29(2)3/h4,6-11,16H,5,12-15H2,1-3H3. The third-order valence-electron chi connectivity index (χ3n) is 6.11. The van der Waals surface area contributed by atoms with Crippen LogP contribution in [0.2, 0.25) is 0 Å². The Morgan fingerprint density at radius 2 is 1.85 bits per heavy atom. The summed E-state index contributed by atoms with van der Waals surface area (Å²) in [7, 11) is 3.95. The Hall–Kier alpha value is -3.46. The maximum atomic E-state index is 13.4. The van der Waals surface area contributed by atoms with Crippen molar-refractivity contribution >= 4 is 38.4 Å². The van der Waals surface area contributed by atoms with Crippen LogP contribution in [-0.4, -0.2) is 65.8 Å². The van der Waals surface area contributed by atoms with Crippen molar-refractivity contribution < 1.29 is 9.18 Å². The molecule has 2 aromatic heterocycles. The van der Waals surface area contributed by atoms with Crippen molar-refractivity contribution in [1.29, 1.82) is 0 Å². The van der Waals surface area contributed by atoms with Gasteiger partial charge in [0, 0.05) is 51.5 Å². The van der Waals surface area contributed by atoms with Crippen LogP contribution in [0.15, 0.2) is 48.5 Å². The van der Waals surface area contributed by atoms with Crippen LogP contribution in [0.3, 0.4) is 0 Å². The van der Waals surface area contributed by atoms with Crippen LogP contribution in [-0.2, 0) is 0 Å². The van der Waals surface area contributed by atoms with Gasteiger partial charge >= 0.3 is 0 Å². The van der Waals surface area contributed by atoms with E-state index in [9.17, 15) is 9.18 Å². The average Bonchev–Trinajstić information content (AvgIpc) is 3.30. The Morgan fingerprint density at radius 3 is 2.62 bits per heavy atom. The lowest BCUT2D eigenvalue weighted by Crippen LogP contribution is -2.35. The summed E-state index contributed by atoms with van der Waals surface area (Å²) >= 11 is 1.62. The maximum absolute atomic E-state index is 13.4. The molecule has 1 aliphatic heterocycles. The molecule has 3 heterocycles. The Kier molecular flexibility index (Phi) is 5.95. The highest BCUT2D eigenvalue weighted by molar-refractivity contribution is 7.22. The molecule has 4 aromatic rings. The first-order valence-corrected chi connectivity index (χ1v) is 12.2. The number of hydrogen-bond donors (Lipinski definition) is 0. The number of amides is 1. The summed E-state index contributed by atoms with van der Waals surface area (Å²) in [5, 5.41) is 5.54. The average molecular weight is 479 g/mol. The van der Waals surface area contributed by atoms with Crippen molar-refractivity contribution in [2.75, 3.05) is 50.1 Å². The molecular formula is C25H27FN6OS. The van der Waals surface area contributed by atoms with Crippen LogP contribution in [0, 0.1) is 12.7 Å². The molecule has 0 spiro atoms. The molecule has 0 radical (unpaired) electrons. The topological polar surface area (TPSA) is 57.5 Å². The van der Waals surface area contributed by atoms with Gasteiger partial charge in [-0.05, 0) is 55.8 Å². The quantitative estimate of drug-likeness (QED) is 0.437. The fraction of sp³-hybridized carbons (Fsp3) is 0.320. The first-order valence-electron chi connectivity index (χ1n) is 11.3. The maximum Gasteiger partial charge on any atom is 0.253 e. The molecule has 34 heavy (non-hydrogen) atoms. The first kappa shape index (κ1) is 22.3.